The quantitative estimate of drug-likeness (QED) is 0.431. The van der Waals surface area contributed by atoms with E-state index in [4.69, 9.17) is 10.2 Å². The summed E-state index contributed by atoms with van der Waals surface area (Å²) in [6.45, 7) is 3.55. The maximum Gasteiger partial charge on any atom is 0.306 e. The molecule has 0 aromatic carbocycles. The number of rotatable bonds is 11. The molecule has 98 valence electrons. The van der Waals surface area contributed by atoms with Gasteiger partial charge in [-0.05, 0) is 19.3 Å². The molecule has 0 aliphatic rings. The van der Waals surface area contributed by atoms with Gasteiger partial charge >= 0.3 is 11.9 Å². The molecule has 4 heteroatoms. The first-order valence-corrected chi connectivity index (χ1v) is 6.13. The van der Waals surface area contributed by atoms with E-state index in [2.05, 4.69) is 6.58 Å². The van der Waals surface area contributed by atoms with Crippen molar-refractivity contribution in [2.45, 2.75) is 51.4 Å². The van der Waals surface area contributed by atoms with Crippen LogP contribution in [-0.2, 0) is 9.59 Å². The Morgan fingerprint density at radius 3 is 2.18 bits per heavy atom. The fourth-order valence-electron chi connectivity index (χ4n) is 1.74. The van der Waals surface area contributed by atoms with Crippen LogP contribution in [0.3, 0.4) is 0 Å². The Balaban J connectivity index is 3.45. The molecule has 1 unspecified atom stereocenters. The van der Waals surface area contributed by atoms with Crippen LogP contribution in [0.2, 0.25) is 0 Å². The number of allylic oxidation sites excluding steroid dienone is 1. The van der Waals surface area contributed by atoms with E-state index in [-0.39, 0.29) is 12.3 Å². The van der Waals surface area contributed by atoms with E-state index in [1.165, 1.54) is 0 Å². The van der Waals surface area contributed by atoms with E-state index >= 15 is 0 Å². The van der Waals surface area contributed by atoms with Gasteiger partial charge in [-0.25, -0.2) is 0 Å². The highest BCUT2D eigenvalue weighted by Gasteiger charge is 2.14. The molecular formula is C13H22O4. The van der Waals surface area contributed by atoms with E-state index in [1.807, 2.05) is 0 Å². The molecule has 0 saturated carbocycles. The summed E-state index contributed by atoms with van der Waals surface area (Å²) in [6, 6.07) is 0. The molecule has 17 heavy (non-hydrogen) atoms. The zero-order valence-electron chi connectivity index (χ0n) is 10.2. The first-order valence-electron chi connectivity index (χ1n) is 6.13. The van der Waals surface area contributed by atoms with Crippen LogP contribution >= 0.6 is 0 Å². The minimum Gasteiger partial charge on any atom is -0.481 e. The van der Waals surface area contributed by atoms with Gasteiger partial charge < -0.3 is 10.2 Å². The van der Waals surface area contributed by atoms with Crippen LogP contribution in [0, 0.1) is 5.92 Å². The summed E-state index contributed by atoms with van der Waals surface area (Å²) >= 11 is 0. The van der Waals surface area contributed by atoms with Gasteiger partial charge in [0.2, 0.25) is 0 Å². The summed E-state index contributed by atoms with van der Waals surface area (Å²) in [4.78, 5) is 21.1. The van der Waals surface area contributed by atoms with Gasteiger partial charge in [0.1, 0.15) is 0 Å². The van der Waals surface area contributed by atoms with Crippen LogP contribution in [0.1, 0.15) is 51.4 Å². The van der Waals surface area contributed by atoms with E-state index in [0.29, 0.717) is 19.3 Å². The fourth-order valence-corrected chi connectivity index (χ4v) is 1.74. The van der Waals surface area contributed by atoms with Crippen molar-refractivity contribution in [2.24, 2.45) is 5.92 Å². The van der Waals surface area contributed by atoms with Crippen LogP contribution in [0.25, 0.3) is 0 Å². The SMILES string of the molecule is C=CCC(CCCCCCCC(=O)O)C(=O)O. The maximum atomic E-state index is 10.8. The minimum atomic E-state index is -0.754. The van der Waals surface area contributed by atoms with Crippen LogP contribution in [0.5, 0.6) is 0 Å². The Hall–Kier alpha value is -1.32. The molecular weight excluding hydrogens is 220 g/mol. The normalized spacial score (nSPS) is 12.0. The minimum absolute atomic E-state index is 0.230. The number of hydrogen-bond acceptors (Lipinski definition) is 2. The zero-order chi connectivity index (χ0) is 13.1. The van der Waals surface area contributed by atoms with Crippen molar-refractivity contribution >= 4 is 11.9 Å². The van der Waals surface area contributed by atoms with E-state index < -0.39 is 11.9 Å². The molecule has 0 radical (unpaired) electrons. The van der Waals surface area contributed by atoms with Crippen molar-refractivity contribution in [3.8, 4) is 0 Å². The van der Waals surface area contributed by atoms with Crippen LogP contribution < -0.4 is 0 Å². The second kappa shape index (κ2) is 9.87. The number of aliphatic carboxylic acids is 2. The van der Waals surface area contributed by atoms with Gasteiger partial charge in [-0.2, -0.15) is 0 Å². The first kappa shape index (κ1) is 15.7. The van der Waals surface area contributed by atoms with Crippen molar-refractivity contribution in [2.75, 3.05) is 0 Å². The topological polar surface area (TPSA) is 74.6 Å². The molecule has 4 nitrogen and oxygen atoms in total. The lowest BCUT2D eigenvalue weighted by Crippen LogP contribution is -2.12. The summed E-state index contributed by atoms with van der Waals surface area (Å²) in [5, 5.41) is 17.3. The molecule has 0 rings (SSSR count). The van der Waals surface area contributed by atoms with Gasteiger partial charge in [0.05, 0.1) is 5.92 Å². The predicted molar refractivity (Wildman–Crippen MR) is 65.9 cm³/mol. The monoisotopic (exact) mass is 242 g/mol. The smallest absolute Gasteiger partial charge is 0.306 e. The van der Waals surface area contributed by atoms with Crippen molar-refractivity contribution < 1.29 is 19.8 Å². The number of carboxylic acids is 2. The predicted octanol–water partition coefficient (Wildman–Crippen LogP) is 3.08. The van der Waals surface area contributed by atoms with Crippen molar-refractivity contribution in [3.63, 3.8) is 0 Å². The highest BCUT2D eigenvalue weighted by Crippen LogP contribution is 2.15. The Kier molecular flexibility index (Phi) is 9.11. The third kappa shape index (κ3) is 9.60. The molecule has 0 heterocycles. The molecule has 0 aromatic rings. The summed E-state index contributed by atoms with van der Waals surface area (Å²) in [5.41, 5.74) is 0. The molecule has 0 aromatic heterocycles. The summed E-state index contributed by atoms with van der Waals surface area (Å²) in [7, 11) is 0. The van der Waals surface area contributed by atoms with Crippen LogP contribution in [-0.4, -0.2) is 22.2 Å². The third-order valence-electron chi connectivity index (χ3n) is 2.74. The van der Waals surface area contributed by atoms with Crippen LogP contribution in [0.4, 0.5) is 0 Å². The number of carbonyl (C=O) groups is 2. The molecule has 0 aliphatic heterocycles. The second-order valence-electron chi connectivity index (χ2n) is 4.26. The number of hydrogen-bond donors (Lipinski definition) is 2. The van der Waals surface area contributed by atoms with Gasteiger partial charge in [0, 0.05) is 6.42 Å². The fraction of sp³-hybridized carbons (Fsp3) is 0.692. The summed E-state index contributed by atoms with van der Waals surface area (Å²) in [6.07, 6.45) is 7.54. The van der Waals surface area contributed by atoms with Crippen molar-refractivity contribution in [1.29, 1.82) is 0 Å². The zero-order valence-corrected chi connectivity index (χ0v) is 10.2. The molecule has 0 fully saturated rings. The first-order chi connectivity index (χ1) is 8.07. The highest BCUT2D eigenvalue weighted by atomic mass is 16.4. The van der Waals surface area contributed by atoms with Crippen molar-refractivity contribution in [1.82, 2.24) is 0 Å². The average molecular weight is 242 g/mol. The molecule has 1 atom stereocenters. The highest BCUT2D eigenvalue weighted by molar-refractivity contribution is 5.70. The Labute approximate surface area is 102 Å². The molecule has 0 aliphatic carbocycles. The molecule has 0 spiro atoms. The number of carboxylic acid groups (broad SMARTS) is 2. The third-order valence-corrected chi connectivity index (χ3v) is 2.74. The molecule has 0 amide bonds. The molecule has 0 saturated heterocycles. The summed E-state index contributed by atoms with van der Waals surface area (Å²) < 4.78 is 0. The molecule has 2 N–H and O–H groups in total. The van der Waals surface area contributed by atoms with E-state index in [1.54, 1.807) is 6.08 Å². The number of unbranched alkanes of at least 4 members (excludes halogenated alkanes) is 4. The lowest BCUT2D eigenvalue weighted by molar-refractivity contribution is -0.142. The van der Waals surface area contributed by atoms with Gasteiger partial charge in [0.15, 0.2) is 0 Å². The largest absolute Gasteiger partial charge is 0.481 e. The second-order valence-corrected chi connectivity index (χ2v) is 4.26. The maximum absolute atomic E-state index is 10.8. The Morgan fingerprint density at radius 2 is 1.65 bits per heavy atom. The van der Waals surface area contributed by atoms with E-state index in [0.717, 1.165) is 25.7 Å². The van der Waals surface area contributed by atoms with Crippen molar-refractivity contribution in [3.05, 3.63) is 12.7 Å². The Morgan fingerprint density at radius 1 is 1.06 bits per heavy atom. The lowest BCUT2D eigenvalue weighted by atomic mass is 9.97. The van der Waals surface area contributed by atoms with E-state index in [9.17, 15) is 9.59 Å². The summed E-state index contributed by atoms with van der Waals surface area (Å²) in [5.74, 6) is -1.82. The van der Waals surface area contributed by atoms with Gasteiger partial charge in [-0.1, -0.05) is 31.8 Å². The lowest BCUT2D eigenvalue weighted by Gasteiger charge is -2.09. The van der Waals surface area contributed by atoms with Gasteiger partial charge in [-0.3, -0.25) is 9.59 Å². The average Bonchev–Trinajstić information content (AvgIpc) is 2.25. The van der Waals surface area contributed by atoms with Gasteiger partial charge in [0.25, 0.3) is 0 Å². The Bertz CT molecular complexity index is 248. The molecule has 0 bridgehead atoms. The van der Waals surface area contributed by atoms with Gasteiger partial charge in [-0.15, -0.1) is 6.58 Å². The standard InChI is InChI=1S/C13H22O4/c1-2-8-11(13(16)17)9-6-4-3-5-7-10-12(14)15/h2,11H,1,3-10H2,(H,14,15)(H,16,17). The van der Waals surface area contributed by atoms with Crippen LogP contribution in [0.15, 0.2) is 12.7 Å².